The molecule has 0 amide bonds. The van der Waals surface area contributed by atoms with Crippen molar-refractivity contribution < 1.29 is 0 Å². The molecule has 1 aromatic heterocycles. The number of aryl methyl sites for hydroxylation is 1. The third-order valence-electron chi connectivity index (χ3n) is 3.29. The van der Waals surface area contributed by atoms with Crippen molar-refractivity contribution in [2.24, 2.45) is 0 Å². The molecular formula is C13H17N3S. The molecule has 0 spiro atoms. The van der Waals surface area contributed by atoms with Gasteiger partial charge in [0, 0.05) is 11.4 Å². The van der Waals surface area contributed by atoms with E-state index in [2.05, 4.69) is 33.7 Å². The van der Waals surface area contributed by atoms with Gasteiger partial charge in [0.1, 0.15) is 4.64 Å². The number of fused-ring (bicyclic) bond motifs is 1. The van der Waals surface area contributed by atoms with Crippen molar-refractivity contribution in [3.05, 3.63) is 28.4 Å². The minimum absolute atomic E-state index is 0.804. The molecule has 90 valence electrons. The maximum absolute atomic E-state index is 5.23. The van der Waals surface area contributed by atoms with Crippen molar-refractivity contribution in [3.8, 4) is 0 Å². The van der Waals surface area contributed by atoms with E-state index in [1.54, 1.807) is 0 Å². The van der Waals surface area contributed by atoms with Crippen LogP contribution in [0.1, 0.15) is 24.8 Å². The monoisotopic (exact) mass is 247 g/mol. The highest BCUT2D eigenvalue weighted by Gasteiger charge is 2.19. The second-order valence-electron chi connectivity index (χ2n) is 4.79. The Morgan fingerprint density at radius 3 is 3.00 bits per heavy atom. The summed E-state index contributed by atoms with van der Waals surface area (Å²) >= 11 is 5.23. The van der Waals surface area contributed by atoms with Gasteiger partial charge >= 0.3 is 0 Å². The maximum atomic E-state index is 5.23. The molecule has 3 rings (SSSR count). The second-order valence-corrected chi connectivity index (χ2v) is 5.20. The summed E-state index contributed by atoms with van der Waals surface area (Å²) in [5, 5.41) is 10.7. The topological polar surface area (TPSA) is 43.6 Å². The molecule has 1 aliphatic carbocycles. The molecule has 1 fully saturated rings. The van der Waals surface area contributed by atoms with E-state index in [1.807, 2.05) is 0 Å². The predicted molar refractivity (Wildman–Crippen MR) is 72.8 cm³/mol. The summed E-state index contributed by atoms with van der Waals surface area (Å²) in [4.78, 5) is 0. The Bertz CT molecular complexity index is 565. The van der Waals surface area contributed by atoms with Crippen LogP contribution in [0.15, 0.2) is 18.2 Å². The molecular weight excluding hydrogens is 230 g/mol. The van der Waals surface area contributed by atoms with E-state index in [0.29, 0.717) is 0 Å². The van der Waals surface area contributed by atoms with Gasteiger partial charge in [-0.05, 0) is 49.9 Å². The molecule has 0 bridgehead atoms. The van der Waals surface area contributed by atoms with E-state index in [1.165, 1.54) is 24.8 Å². The molecule has 0 radical (unpaired) electrons. The van der Waals surface area contributed by atoms with Crippen LogP contribution in [0.25, 0.3) is 10.9 Å². The number of aromatic nitrogens is 2. The Labute approximate surface area is 106 Å². The normalized spacial score (nSPS) is 15.5. The first-order valence-corrected chi connectivity index (χ1v) is 6.66. The van der Waals surface area contributed by atoms with Crippen molar-refractivity contribution >= 4 is 23.1 Å². The van der Waals surface area contributed by atoms with Gasteiger partial charge in [0.25, 0.3) is 0 Å². The first-order valence-electron chi connectivity index (χ1n) is 6.25. The van der Waals surface area contributed by atoms with Gasteiger partial charge in [0.15, 0.2) is 0 Å². The van der Waals surface area contributed by atoms with E-state index in [0.717, 1.165) is 34.6 Å². The molecule has 1 aliphatic rings. The lowest BCUT2D eigenvalue weighted by Gasteiger charge is -2.03. The Morgan fingerprint density at radius 1 is 1.29 bits per heavy atom. The van der Waals surface area contributed by atoms with Crippen molar-refractivity contribution in [2.45, 2.75) is 31.7 Å². The first-order chi connectivity index (χ1) is 8.33. The fourth-order valence-electron chi connectivity index (χ4n) is 2.12. The van der Waals surface area contributed by atoms with Crippen LogP contribution in [0.3, 0.4) is 0 Å². The maximum Gasteiger partial charge on any atom is 0.127 e. The summed E-state index contributed by atoms with van der Waals surface area (Å²) in [5.41, 5.74) is 2.46. The quantitative estimate of drug-likeness (QED) is 0.562. The fraction of sp³-hybridized carbons (Fsp3) is 0.462. The van der Waals surface area contributed by atoms with Crippen LogP contribution in [0.5, 0.6) is 0 Å². The van der Waals surface area contributed by atoms with Gasteiger partial charge in [0.05, 0.1) is 5.52 Å². The summed E-state index contributed by atoms with van der Waals surface area (Å²) < 4.78 is 0.804. The Balaban J connectivity index is 1.63. The Morgan fingerprint density at radius 2 is 2.18 bits per heavy atom. The molecule has 0 unspecified atom stereocenters. The van der Waals surface area contributed by atoms with E-state index >= 15 is 0 Å². The number of H-pyrrole nitrogens is 2. The average molecular weight is 247 g/mol. The van der Waals surface area contributed by atoms with Crippen LogP contribution in [-0.4, -0.2) is 22.8 Å². The molecule has 3 N–H and O–H groups in total. The fourth-order valence-corrected chi connectivity index (χ4v) is 2.34. The Kier molecular flexibility index (Phi) is 2.99. The number of rotatable bonds is 5. The minimum atomic E-state index is 0.804. The average Bonchev–Trinajstić information content (AvgIpc) is 3.10. The zero-order valence-corrected chi connectivity index (χ0v) is 10.6. The van der Waals surface area contributed by atoms with Gasteiger partial charge in [-0.15, -0.1) is 0 Å². The van der Waals surface area contributed by atoms with Crippen LogP contribution in [0, 0.1) is 4.64 Å². The van der Waals surface area contributed by atoms with Crippen molar-refractivity contribution in [1.29, 1.82) is 0 Å². The third kappa shape index (κ3) is 2.58. The molecule has 17 heavy (non-hydrogen) atoms. The van der Waals surface area contributed by atoms with Crippen molar-refractivity contribution in [3.63, 3.8) is 0 Å². The molecule has 4 heteroatoms. The number of aromatic amines is 2. The minimum Gasteiger partial charge on any atom is -0.314 e. The molecule has 0 atom stereocenters. The van der Waals surface area contributed by atoms with Gasteiger partial charge in [0.2, 0.25) is 0 Å². The number of hydrogen-bond acceptors (Lipinski definition) is 2. The van der Waals surface area contributed by atoms with E-state index < -0.39 is 0 Å². The SMILES string of the molecule is S=c1[nH][nH]c2ccc(CCCNC3CC3)cc12. The highest BCUT2D eigenvalue weighted by molar-refractivity contribution is 7.71. The van der Waals surface area contributed by atoms with Gasteiger partial charge in [-0.2, -0.15) is 0 Å². The summed E-state index contributed by atoms with van der Waals surface area (Å²) in [5.74, 6) is 0. The lowest BCUT2D eigenvalue weighted by molar-refractivity contribution is 0.646. The van der Waals surface area contributed by atoms with Crippen molar-refractivity contribution in [2.75, 3.05) is 6.54 Å². The molecule has 2 aromatic rings. The molecule has 1 aromatic carbocycles. The number of hydrogen-bond donors (Lipinski definition) is 3. The second kappa shape index (κ2) is 4.63. The van der Waals surface area contributed by atoms with E-state index in [9.17, 15) is 0 Å². The number of benzene rings is 1. The molecule has 0 saturated heterocycles. The van der Waals surface area contributed by atoms with Crippen LogP contribution < -0.4 is 5.32 Å². The van der Waals surface area contributed by atoms with E-state index in [-0.39, 0.29) is 0 Å². The van der Waals surface area contributed by atoms with Gasteiger partial charge < -0.3 is 5.32 Å². The highest BCUT2D eigenvalue weighted by atomic mass is 32.1. The molecule has 3 nitrogen and oxygen atoms in total. The summed E-state index contributed by atoms with van der Waals surface area (Å²) in [6, 6.07) is 7.29. The highest BCUT2D eigenvalue weighted by Crippen LogP contribution is 2.19. The first kappa shape index (κ1) is 11.0. The van der Waals surface area contributed by atoms with E-state index in [4.69, 9.17) is 12.2 Å². The van der Waals surface area contributed by atoms with Crippen LogP contribution in [0.4, 0.5) is 0 Å². The largest absolute Gasteiger partial charge is 0.314 e. The Hall–Kier alpha value is -1.13. The standard InChI is InChI=1S/C13H17N3S/c17-13-11-8-9(3-6-12(11)15-16-13)2-1-7-14-10-4-5-10/h3,6,8,10,14H,1-2,4-5,7H2,(H2,15,16,17). The third-order valence-corrected chi connectivity index (χ3v) is 3.61. The molecule has 0 aliphatic heterocycles. The number of nitrogens with one attached hydrogen (secondary N) is 3. The lowest BCUT2D eigenvalue weighted by atomic mass is 10.1. The summed E-state index contributed by atoms with van der Waals surface area (Å²) in [6.07, 6.45) is 5.05. The molecule has 1 saturated carbocycles. The van der Waals surface area contributed by atoms with Crippen molar-refractivity contribution in [1.82, 2.24) is 15.5 Å². The van der Waals surface area contributed by atoms with Crippen LogP contribution in [0.2, 0.25) is 0 Å². The predicted octanol–water partition coefficient (Wildman–Crippen LogP) is 2.91. The molecule has 1 heterocycles. The smallest absolute Gasteiger partial charge is 0.127 e. The van der Waals surface area contributed by atoms with Gasteiger partial charge in [-0.3, -0.25) is 10.2 Å². The summed E-state index contributed by atoms with van der Waals surface area (Å²) in [6.45, 7) is 1.13. The zero-order valence-electron chi connectivity index (χ0n) is 9.75. The van der Waals surface area contributed by atoms with Crippen LogP contribution >= 0.6 is 12.2 Å². The zero-order chi connectivity index (χ0) is 11.7. The van der Waals surface area contributed by atoms with Gasteiger partial charge in [-0.25, -0.2) is 0 Å². The lowest BCUT2D eigenvalue weighted by Crippen LogP contribution is -2.17. The van der Waals surface area contributed by atoms with Crippen LogP contribution in [-0.2, 0) is 6.42 Å². The summed E-state index contributed by atoms with van der Waals surface area (Å²) in [7, 11) is 0. The van der Waals surface area contributed by atoms with Gasteiger partial charge in [-0.1, -0.05) is 18.3 Å².